The number of carbonyl (C=O) groups excluding carboxylic acids is 1. The van der Waals surface area contributed by atoms with Gasteiger partial charge in [-0.1, -0.05) is 0 Å². The van der Waals surface area contributed by atoms with Crippen LogP contribution in [0.15, 0.2) is 18.3 Å². The Hall–Kier alpha value is -1.97. The molecule has 1 N–H and O–H groups in total. The predicted molar refractivity (Wildman–Crippen MR) is 73.2 cm³/mol. The number of pyridine rings is 1. The number of amides is 1. The number of methoxy groups -OCH3 is 1. The van der Waals surface area contributed by atoms with E-state index in [-0.39, 0.29) is 5.91 Å². The lowest BCUT2D eigenvalue weighted by Gasteiger charge is -2.05. The van der Waals surface area contributed by atoms with Crippen LogP contribution >= 0.6 is 0 Å². The molecule has 1 amide bonds. The first-order chi connectivity index (χ1) is 9.77. The fraction of sp³-hybridized carbons (Fsp3) is 0.500. The topological polar surface area (TPSA) is 84.2 Å². The minimum Gasteiger partial charge on any atom is -0.382 e. The van der Waals surface area contributed by atoms with Crippen molar-refractivity contribution in [3.05, 3.63) is 29.6 Å². The first-order valence-electron chi connectivity index (χ1n) is 6.49. The molecular weight excluding hydrogens is 258 g/mol. The van der Waals surface area contributed by atoms with Crippen LogP contribution in [0, 0.1) is 11.3 Å². The number of rotatable bonds is 9. The number of nitriles is 1. The van der Waals surface area contributed by atoms with Gasteiger partial charge in [0.05, 0.1) is 18.8 Å². The third-order valence-corrected chi connectivity index (χ3v) is 2.56. The van der Waals surface area contributed by atoms with Gasteiger partial charge in [0.1, 0.15) is 11.8 Å². The summed E-state index contributed by atoms with van der Waals surface area (Å²) in [5.41, 5.74) is 0.759. The Kier molecular flexibility index (Phi) is 7.96. The molecule has 0 unspecified atom stereocenters. The smallest absolute Gasteiger partial charge is 0.269 e. The van der Waals surface area contributed by atoms with E-state index in [0.717, 1.165) is 12.8 Å². The first kappa shape index (κ1) is 16.1. The molecule has 6 heteroatoms. The van der Waals surface area contributed by atoms with Crippen LogP contribution in [0.5, 0.6) is 0 Å². The van der Waals surface area contributed by atoms with Crippen LogP contribution in [0.3, 0.4) is 0 Å². The maximum absolute atomic E-state index is 11.7. The second kappa shape index (κ2) is 9.89. The summed E-state index contributed by atoms with van der Waals surface area (Å²) in [6.07, 6.45) is 3.11. The summed E-state index contributed by atoms with van der Waals surface area (Å²) in [5.74, 6) is -0.227. The third kappa shape index (κ3) is 6.27. The van der Waals surface area contributed by atoms with Crippen LogP contribution < -0.4 is 5.32 Å². The van der Waals surface area contributed by atoms with E-state index in [2.05, 4.69) is 10.3 Å². The van der Waals surface area contributed by atoms with E-state index in [9.17, 15) is 4.79 Å². The highest BCUT2D eigenvalue weighted by Gasteiger charge is 2.05. The van der Waals surface area contributed by atoms with Crippen molar-refractivity contribution in [1.29, 1.82) is 5.26 Å². The molecule has 20 heavy (non-hydrogen) atoms. The second-order valence-corrected chi connectivity index (χ2v) is 4.11. The van der Waals surface area contributed by atoms with E-state index in [1.807, 2.05) is 6.07 Å². The number of carbonyl (C=O) groups is 1. The van der Waals surface area contributed by atoms with Crippen molar-refractivity contribution in [2.24, 2.45) is 0 Å². The first-order valence-corrected chi connectivity index (χ1v) is 6.49. The number of hydrogen-bond acceptors (Lipinski definition) is 5. The van der Waals surface area contributed by atoms with Crippen molar-refractivity contribution < 1.29 is 14.3 Å². The van der Waals surface area contributed by atoms with Crippen LogP contribution in [-0.4, -0.2) is 44.4 Å². The van der Waals surface area contributed by atoms with Crippen molar-refractivity contribution in [3.8, 4) is 6.07 Å². The van der Waals surface area contributed by atoms with Gasteiger partial charge in [-0.15, -0.1) is 0 Å². The van der Waals surface area contributed by atoms with E-state index in [0.29, 0.717) is 37.6 Å². The minimum absolute atomic E-state index is 0.227. The van der Waals surface area contributed by atoms with Crippen LogP contribution in [0.25, 0.3) is 0 Å². The Labute approximate surface area is 118 Å². The Morgan fingerprint density at radius 3 is 2.85 bits per heavy atom. The fourth-order valence-corrected chi connectivity index (χ4v) is 1.46. The van der Waals surface area contributed by atoms with Crippen molar-refractivity contribution in [3.63, 3.8) is 0 Å². The van der Waals surface area contributed by atoms with Gasteiger partial charge in [0.15, 0.2) is 0 Å². The van der Waals surface area contributed by atoms with Crippen molar-refractivity contribution >= 4 is 5.91 Å². The molecule has 0 atom stereocenters. The third-order valence-electron chi connectivity index (χ3n) is 2.56. The zero-order valence-corrected chi connectivity index (χ0v) is 11.6. The quantitative estimate of drug-likeness (QED) is 0.684. The average molecular weight is 277 g/mol. The van der Waals surface area contributed by atoms with Gasteiger partial charge in [0.25, 0.3) is 5.91 Å². The normalized spacial score (nSPS) is 10.0. The molecule has 1 heterocycles. The Balaban J connectivity index is 2.12. The lowest BCUT2D eigenvalue weighted by molar-refractivity contribution is 0.0686. The summed E-state index contributed by atoms with van der Waals surface area (Å²) in [6.45, 7) is 2.43. The largest absolute Gasteiger partial charge is 0.382 e. The van der Waals surface area contributed by atoms with Gasteiger partial charge in [0.2, 0.25) is 0 Å². The molecule has 0 aliphatic rings. The molecule has 1 aromatic heterocycles. The fourth-order valence-electron chi connectivity index (χ4n) is 1.46. The highest BCUT2D eigenvalue weighted by atomic mass is 16.5. The second-order valence-electron chi connectivity index (χ2n) is 4.11. The van der Waals surface area contributed by atoms with E-state index in [1.54, 1.807) is 19.2 Å². The summed E-state index contributed by atoms with van der Waals surface area (Å²) >= 11 is 0. The molecule has 0 spiro atoms. The lowest BCUT2D eigenvalue weighted by atomic mass is 10.2. The molecule has 0 radical (unpaired) electrons. The maximum Gasteiger partial charge on any atom is 0.269 e. The Morgan fingerprint density at radius 1 is 1.35 bits per heavy atom. The molecule has 0 aliphatic carbocycles. The molecule has 1 aromatic rings. The van der Waals surface area contributed by atoms with Gasteiger partial charge in [-0.3, -0.25) is 4.79 Å². The molecule has 1 rings (SSSR count). The highest BCUT2D eigenvalue weighted by molar-refractivity contribution is 5.92. The van der Waals surface area contributed by atoms with Gasteiger partial charge >= 0.3 is 0 Å². The standard InChI is InChI=1S/C14H19N3O3/c1-19-8-9-20-7-3-2-6-16-14(18)13-5-4-12(10-15)11-17-13/h4-5,11H,2-3,6-9H2,1H3,(H,16,18). The molecule has 0 bridgehead atoms. The molecule has 0 aliphatic heterocycles. The Bertz CT molecular complexity index is 440. The highest BCUT2D eigenvalue weighted by Crippen LogP contribution is 1.99. The predicted octanol–water partition coefficient (Wildman–Crippen LogP) is 1.13. The van der Waals surface area contributed by atoms with Crippen molar-refractivity contribution in [1.82, 2.24) is 10.3 Å². The Morgan fingerprint density at radius 2 is 2.20 bits per heavy atom. The maximum atomic E-state index is 11.7. The molecular formula is C14H19N3O3. The van der Waals surface area contributed by atoms with Crippen LogP contribution in [-0.2, 0) is 9.47 Å². The van der Waals surface area contributed by atoms with Gasteiger partial charge in [-0.2, -0.15) is 5.26 Å². The molecule has 0 aromatic carbocycles. The van der Waals surface area contributed by atoms with E-state index >= 15 is 0 Å². The lowest BCUT2D eigenvalue weighted by Crippen LogP contribution is -2.25. The molecule has 0 fully saturated rings. The minimum atomic E-state index is -0.227. The molecule has 0 saturated carbocycles. The number of nitrogens with zero attached hydrogens (tertiary/aromatic N) is 2. The molecule has 108 valence electrons. The summed E-state index contributed by atoms with van der Waals surface area (Å²) in [6, 6.07) is 5.08. The average Bonchev–Trinajstić information content (AvgIpc) is 2.50. The van der Waals surface area contributed by atoms with Crippen LogP contribution in [0.1, 0.15) is 28.9 Å². The zero-order chi connectivity index (χ0) is 14.6. The molecule has 0 saturated heterocycles. The number of ether oxygens (including phenoxy) is 2. The van der Waals surface area contributed by atoms with Crippen molar-refractivity contribution in [2.75, 3.05) is 33.5 Å². The van der Waals surface area contributed by atoms with Gasteiger partial charge in [0, 0.05) is 26.5 Å². The summed E-state index contributed by atoms with van der Waals surface area (Å²) in [4.78, 5) is 15.6. The number of aromatic nitrogens is 1. The monoisotopic (exact) mass is 277 g/mol. The van der Waals surface area contributed by atoms with E-state index in [1.165, 1.54) is 6.20 Å². The number of nitrogens with one attached hydrogen (secondary N) is 1. The van der Waals surface area contributed by atoms with E-state index in [4.69, 9.17) is 14.7 Å². The van der Waals surface area contributed by atoms with Gasteiger partial charge in [-0.25, -0.2) is 4.98 Å². The summed E-state index contributed by atoms with van der Waals surface area (Å²) in [7, 11) is 1.64. The van der Waals surface area contributed by atoms with E-state index < -0.39 is 0 Å². The van der Waals surface area contributed by atoms with Gasteiger partial charge < -0.3 is 14.8 Å². The summed E-state index contributed by atoms with van der Waals surface area (Å²) in [5, 5.41) is 11.4. The SMILES string of the molecule is COCCOCCCCNC(=O)c1ccc(C#N)cn1. The van der Waals surface area contributed by atoms with Crippen molar-refractivity contribution in [2.45, 2.75) is 12.8 Å². The van der Waals surface area contributed by atoms with Gasteiger partial charge in [-0.05, 0) is 25.0 Å². The number of hydrogen-bond donors (Lipinski definition) is 1. The molecule has 6 nitrogen and oxygen atoms in total. The number of unbranched alkanes of at least 4 members (excludes halogenated alkanes) is 1. The summed E-state index contributed by atoms with van der Waals surface area (Å²) < 4.78 is 10.2. The van der Waals surface area contributed by atoms with Crippen LogP contribution in [0.2, 0.25) is 0 Å². The van der Waals surface area contributed by atoms with Crippen LogP contribution in [0.4, 0.5) is 0 Å². The zero-order valence-electron chi connectivity index (χ0n) is 11.6.